The summed E-state index contributed by atoms with van der Waals surface area (Å²) in [4.78, 5) is 21.8. The first-order valence-electron chi connectivity index (χ1n) is 14.1. The van der Waals surface area contributed by atoms with E-state index in [9.17, 15) is 4.79 Å². The van der Waals surface area contributed by atoms with Crippen LogP contribution in [0.25, 0.3) is 11.0 Å². The molecular weight excluding hydrogens is 450 g/mol. The van der Waals surface area contributed by atoms with E-state index in [4.69, 9.17) is 9.72 Å². The van der Waals surface area contributed by atoms with E-state index < -0.39 is 0 Å². The molecule has 1 saturated heterocycles. The van der Waals surface area contributed by atoms with E-state index in [0.717, 1.165) is 56.1 Å². The van der Waals surface area contributed by atoms with E-state index in [2.05, 4.69) is 65.6 Å². The van der Waals surface area contributed by atoms with Gasteiger partial charge in [0.25, 0.3) is 0 Å². The van der Waals surface area contributed by atoms with Gasteiger partial charge in [0, 0.05) is 13.1 Å². The molecule has 202 valence electrons. The van der Waals surface area contributed by atoms with Crippen LogP contribution in [0.5, 0.6) is 0 Å². The molecule has 3 rings (SSSR count). The highest BCUT2D eigenvalue weighted by Crippen LogP contribution is 2.23. The summed E-state index contributed by atoms with van der Waals surface area (Å²) >= 11 is 0. The zero-order valence-electron chi connectivity index (χ0n) is 23.4. The summed E-state index contributed by atoms with van der Waals surface area (Å²) in [6.45, 7) is 17.0. The van der Waals surface area contributed by atoms with Gasteiger partial charge in [0.15, 0.2) is 0 Å². The molecule has 0 amide bonds. The van der Waals surface area contributed by atoms with Crippen molar-refractivity contribution in [1.29, 1.82) is 0 Å². The van der Waals surface area contributed by atoms with E-state index in [0.29, 0.717) is 11.8 Å². The van der Waals surface area contributed by atoms with Crippen molar-refractivity contribution >= 4 is 23.0 Å². The van der Waals surface area contributed by atoms with Gasteiger partial charge in [-0.3, -0.25) is 9.69 Å². The molecule has 0 aliphatic carbocycles. The first kappa shape index (κ1) is 28.5. The van der Waals surface area contributed by atoms with Gasteiger partial charge in [-0.15, -0.1) is 0 Å². The van der Waals surface area contributed by atoms with Gasteiger partial charge in [-0.25, -0.2) is 4.98 Å². The van der Waals surface area contributed by atoms with Crippen LogP contribution in [0.15, 0.2) is 18.2 Å². The molecule has 2 heterocycles. The monoisotopic (exact) mass is 499 g/mol. The number of nitrogens with zero attached hydrogens (tertiary/aromatic N) is 4. The van der Waals surface area contributed by atoms with Gasteiger partial charge in [0.2, 0.25) is 5.95 Å². The molecule has 1 fully saturated rings. The molecule has 0 bridgehead atoms. The lowest BCUT2D eigenvalue weighted by Crippen LogP contribution is -2.31. The van der Waals surface area contributed by atoms with Crippen molar-refractivity contribution in [3.05, 3.63) is 23.8 Å². The number of esters is 1. The fourth-order valence-corrected chi connectivity index (χ4v) is 4.90. The standard InChI is InChI=1S/C29H49N5O2/c1-23(2)12-18-33(19-13-24(3)4)22-25-10-11-26-27(20-25)34(29(31-26)30-21-28(35)36-5)17-9-16-32-14-7-6-8-15-32/h10-11,20,23-24H,6-9,12-19,21-22H2,1-5H3,(H,30,31). The van der Waals surface area contributed by atoms with Crippen LogP contribution in [0.2, 0.25) is 0 Å². The van der Waals surface area contributed by atoms with Crippen LogP contribution in [0.4, 0.5) is 5.95 Å². The lowest BCUT2D eigenvalue weighted by molar-refractivity contribution is -0.138. The maximum atomic E-state index is 11.8. The number of rotatable bonds is 15. The minimum absolute atomic E-state index is 0.122. The van der Waals surface area contributed by atoms with Crippen molar-refractivity contribution in [1.82, 2.24) is 19.4 Å². The van der Waals surface area contributed by atoms with Gasteiger partial charge in [-0.2, -0.15) is 0 Å². The zero-order chi connectivity index (χ0) is 25.9. The summed E-state index contributed by atoms with van der Waals surface area (Å²) in [6.07, 6.45) is 7.49. The van der Waals surface area contributed by atoms with E-state index in [-0.39, 0.29) is 12.5 Å². The molecular formula is C29H49N5O2. The van der Waals surface area contributed by atoms with Crippen LogP contribution in [0.1, 0.15) is 71.8 Å². The van der Waals surface area contributed by atoms with Crippen molar-refractivity contribution in [2.45, 2.75) is 79.3 Å². The van der Waals surface area contributed by atoms with Crippen LogP contribution in [-0.2, 0) is 22.6 Å². The molecule has 2 aromatic rings. The molecule has 1 aromatic carbocycles. The van der Waals surface area contributed by atoms with Crippen molar-refractivity contribution < 1.29 is 9.53 Å². The van der Waals surface area contributed by atoms with Crippen LogP contribution < -0.4 is 5.32 Å². The molecule has 0 saturated carbocycles. The van der Waals surface area contributed by atoms with Crippen LogP contribution in [0.3, 0.4) is 0 Å². The Labute approximate surface area is 218 Å². The number of nitrogens with one attached hydrogen (secondary N) is 1. The second kappa shape index (κ2) is 14.6. The number of anilines is 1. The number of aryl methyl sites for hydroxylation is 1. The van der Waals surface area contributed by atoms with Crippen LogP contribution in [-0.4, -0.2) is 71.7 Å². The maximum Gasteiger partial charge on any atom is 0.325 e. The summed E-state index contributed by atoms with van der Waals surface area (Å²) < 4.78 is 7.10. The number of carbonyl (C=O) groups is 1. The van der Waals surface area contributed by atoms with Gasteiger partial charge in [-0.1, -0.05) is 40.2 Å². The number of hydrogen-bond acceptors (Lipinski definition) is 6. The predicted molar refractivity (Wildman–Crippen MR) is 149 cm³/mol. The number of methoxy groups -OCH3 is 1. The highest BCUT2D eigenvalue weighted by molar-refractivity contribution is 5.81. The van der Waals surface area contributed by atoms with Gasteiger partial charge in [0.05, 0.1) is 18.1 Å². The lowest BCUT2D eigenvalue weighted by Gasteiger charge is -2.26. The molecule has 1 aliphatic rings. The SMILES string of the molecule is COC(=O)CNc1nc2ccc(CN(CCC(C)C)CCC(C)C)cc2n1CCCN1CCCCC1. The molecule has 36 heavy (non-hydrogen) atoms. The first-order valence-corrected chi connectivity index (χ1v) is 14.1. The Morgan fingerprint density at radius 3 is 2.39 bits per heavy atom. The molecule has 0 unspecified atom stereocenters. The summed E-state index contributed by atoms with van der Waals surface area (Å²) in [5, 5.41) is 3.22. The first-order chi connectivity index (χ1) is 17.4. The van der Waals surface area contributed by atoms with Gasteiger partial charge in [-0.05, 0) is 94.4 Å². The van der Waals surface area contributed by atoms with E-state index >= 15 is 0 Å². The molecule has 1 N–H and O–H groups in total. The summed E-state index contributed by atoms with van der Waals surface area (Å²) in [5.74, 6) is 1.88. The number of benzene rings is 1. The minimum Gasteiger partial charge on any atom is -0.468 e. The predicted octanol–water partition coefficient (Wildman–Crippen LogP) is 5.39. The molecule has 0 atom stereocenters. The topological polar surface area (TPSA) is 62.6 Å². The summed E-state index contributed by atoms with van der Waals surface area (Å²) in [7, 11) is 1.42. The Morgan fingerprint density at radius 1 is 1.06 bits per heavy atom. The van der Waals surface area contributed by atoms with Crippen molar-refractivity contribution in [2.24, 2.45) is 11.8 Å². The molecule has 7 nitrogen and oxygen atoms in total. The minimum atomic E-state index is -0.284. The third-order valence-electron chi connectivity index (χ3n) is 7.19. The van der Waals surface area contributed by atoms with E-state index in [1.807, 2.05) is 0 Å². The Balaban J connectivity index is 1.78. The van der Waals surface area contributed by atoms with E-state index in [1.165, 1.54) is 57.9 Å². The highest BCUT2D eigenvalue weighted by atomic mass is 16.5. The molecule has 1 aliphatic heterocycles. The fraction of sp³-hybridized carbons (Fsp3) is 0.724. The lowest BCUT2D eigenvalue weighted by atomic mass is 10.1. The Hall–Kier alpha value is -2.12. The summed E-state index contributed by atoms with van der Waals surface area (Å²) in [5.41, 5.74) is 3.44. The molecule has 1 aromatic heterocycles. The number of imidazole rings is 1. The second-order valence-corrected chi connectivity index (χ2v) is 11.2. The van der Waals surface area contributed by atoms with Crippen LogP contribution >= 0.6 is 0 Å². The smallest absolute Gasteiger partial charge is 0.325 e. The Morgan fingerprint density at radius 2 is 1.75 bits per heavy atom. The van der Waals surface area contributed by atoms with Gasteiger partial charge in [0.1, 0.15) is 6.54 Å². The number of likely N-dealkylation sites (tertiary alicyclic amines) is 1. The second-order valence-electron chi connectivity index (χ2n) is 11.2. The molecule has 0 spiro atoms. The summed E-state index contributed by atoms with van der Waals surface area (Å²) in [6, 6.07) is 6.66. The Kier molecular flexibility index (Phi) is 11.5. The largest absolute Gasteiger partial charge is 0.468 e. The normalized spacial score (nSPS) is 14.9. The zero-order valence-corrected chi connectivity index (χ0v) is 23.4. The fourth-order valence-electron chi connectivity index (χ4n) is 4.90. The van der Waals surface area contributed by atoms with Crippen molar-refractivity contribution in [2.75, 3.05) is 51.7 Å². The van der Waals surface area contributed by atoms with E-state index in [1.54, 1.807) is 0 Å². The van der Waals surface area contributed by atoms with Gasteiger partial charge < -0.3 is 19.5 Å². The quantitative estimate of drug-likeness (QED) is 0.332. The number of aromatic nitrogens is 2. The average Bonchev–Trinajstić information content (AvgIpc) is 3.21. The van der Waals surface area contributed by atoms with Crippen molar-refractivity contribution in [3.8, 4) is 0 Å². The molecule has 0 radical (unpaired) electrons. The number of fused-ring (bicyclic) bond motifs is 1. The Bertz CT molecular complexity index is 921. The number of ether oxygens (including phenoxy) is 1. The maximum absolute atomic E-state index is 11.8. The van der Waals surface area contributed by atoms with Crippen molar-refractivity contribution in [3.63, 3.8) is 0 Å². The molecule has 7 heteroatoms. The number of carbonyl (C=O) groups excluding carboxylic acids is 1. The van der Waals surface area contributed by atoms with Crippen LogP contribution in [0, 0.1) is 11.8 Å². The third kappa shape index (κ3) is 9.07. The number of hydrogen-bond donors (Lipinski definition) is 1. The average molecular weight is 500 g/mol. The third-order valence-corrected chi connectivity index (χ3v) is 7.19. The number of piperidine rings is 1. The highest BCUT2D eigenvalue weighted by Gasteiger charge is 2.16. The van der Waals surface area contributed by atoms with Gasteiger partial charge >= 0.3 is 5.97 Å².